The molecule has 1 fully saturated rings. The minimum Gasteiger partial charge on any atom is -0.508 e. The molecule has 0 saturated carbocycles. The summed E-state index contributed by atoms with van der Waals surface area (Å²) in [6, 6.07) is 7.84. The fourth-order valence-corrected chi connectivity index (χ4v) is 3.11. The van der Waals surface area contributed by atoms with Crippen LogP contribution in [-0.2, 0) is 0 Å². The average Bonchev–Trinajstić information content (AvgIpc) is 2.92. The Morgan fingerprint density at radius 2 is 2.20 bits per heavy atom. The van der Waals surface area contributed by atoms with E-state index in [0.717, 1.165) is 48.8 Å². The second kappa shape index (κ2) is 5.67. The smallest absolute Gasteiger partial charge is 0.136 e. The fourth-order valence-electron chi connectivity index (χ4n) is 3.11. The van der Waals surface area contributed by atoms with Crippen molar-refractivity contribution >= 4 is 16.6 Å². The van der Waals surface area contributed by atoms with Crippen LogP contribution in [0.5, 0.6) is 5.75 Å². The van der Waals surface area contributed by atoms with Gasteiger partial charge >= 0.3 is 0 Å². The van der Waals surface area contributed by atoms with Gasteiger partial charge in [-0.15, -0.1) is 0 Å². The molecular formula is C16H20N2O2. The van der Waals surface area contributed by atoms with Gasteiger partial charge in [0.2, 0.25) is 0 Å². The molecule has 4 heteroatoms. The standard InChI is InChI=1S/C16H20N2O2/c19-10-2-4-13-3-1-9-18(13)16-15-11-14(20)6-5-12(15)7-8-17-16/h5-8,11,13,19-20H,1-4,9-10H2. The van der Waals surface area contributed by atoms with E-state index in [9.17, 15) is 5.11 Å². The molecule has 0 bridgehead atoms. The lowest BCUT2D eigenvalue weighted by molar-refractivity contribution is 0.279. The third-order valence-electron chi connectivity index (χ3n) is 4.07. The number of fused-ring (bicyclic) bond motifs is 1. The quantitative estimate of drug-likeness (QED) is 0.898. The van der Waals surface area contributed by atoms with Crippen LogP contribution >= 0.6 is 0 Å². The van der Waals surface area contributed by atoms with Gasteiger partial charge in [0.1, 0.15) is 11.6 Å². The molecule has 1 aromatic heterocycles. The highest BCUT2D eigenvalue weighted by Gasteiger charge is 2.26. The Morgan fingerprint density at radius 3 is 3.05 bits per heavy atom. The van der Waals surface area contributed by atoms with E-state index in [1.165, 1.54) is 0 Å². The maximum Gasteiger partial charge on any atom is 0.136 e. The number of benzene rings is 1. The number of hydrogen-bond donors (Lipinski definition) is 2. The Balaban J connectivity index is 1.98. The largest absolute Gasteiger partial charge is 0.508 e. The first-order valence-electron chi connectivity index (χ1n) is 7.25. The number of phenolic OH excluding ortho intramolecular Hbond substituents is 1. The normalized spacial score (nSPS) is 18.9. The maximum absolute atomic E-state index is 9.73. The Kier molecular flexibility index (Phi) is 3.74. The van der Waals surface area contributed by atoms with Gasteiger partial charge in [-0.2, -0.15) is 0 Å². The number of aliphatic hydroxyl groups excluding tert-OH is 1. The fraction of sp³-hybridized carbons (Fsp3) is 0.438. The molecule has 4 nitrogen and oxygen atoms in total. The molecule has 0 amide bonds. The second-order valence-corrected chi connectivity index (χ2v) is 5.40. The number of nitrogens with zero attached hydrogens (tertiary/aromatic N) is 2. The van der Waals surface area contributed by atoms with Gasteiger partial charge in [-0.05, 0) is 49.3 Å². The molecule has 1 unspecified atom stereocenters. The lowest BCUT2D eigenvalue weighted by Crippen LogP contribution is -2.30. The Labute approximate surface area is 118 Å². The van der Waals surface area contributed by atoms with Crippen LogP contribution in [0.25, 0.3) is 10.8 Å². The van der Waals surface area contributed by atoms with Crippen molar-refractivity contribution in [2.75, 3.05) is 18.1 Å². The van der Waals surface area contributed by atoms with Crippen molar-refractivity contribution in [3.63, 3.8) is 0 Å². The van der Waals surface area contributed by atoms with E-state index in [2.05, 4.69) is 9.88 Å². The molecule has 0 aliphatic carbocycles. The summed E-state index contributed by atoms with van der Waals surface area (Å²) in [5.74, 6) is 1.23. The van der Waals surface area contributed by atoms with Crippen molar-refractivity contribution in [2.24, 2.45) is 0 Å². The molecule has 1 aromatic carbocycles. The van der Waals surface area contributed by atoms with E-state index in [-0.39, 0.29) is 12.4 Å². The minimum atomic E-state index is 0.244. The van der Waals surface area contributed by atoms with Gasteiger partial charge < -0.3 is 15.1 Å². The summed E-state index contributed by atoms with van der Waals surface area (Å²) >= 11 is 0. The van der Waals surface area contributed by atoms with E-state index >= 15 is 0 Å². The summed E-state index contributed by atoms with van der Waals surface area (Å²) in [5.41, 5.74) is 0. The summed E-state index contributed by atoms with van der Waals surface area (Å²) in [5, 5.41) is 20.9. The van der Waals surface area contributed by atoms with Gasteiger partial charge in [0, 0.05) is 30.8 Å². The van der Waals surface area contributed by atoms with E-state index in [4.69, 9.17) is 5.11 Å². The van der Waals surface area contributed by atoms with Crippen LogP contribution in [0.3, 0.4) is 0 Å². The van der Waals surface area contributed by atoms with Gasteiger partial charge in [0.05, 0.1) is 0 Å². The van der Waals surface area contributed by atoms with Gasteiger partial charge in [0.25, 0.3) is 0 Å². The number of rotatable bonds is 4. The van der Waals surface area contributed by atoms with Gasteiger partial charge in [0.15, 0.2) is 0 Å². The van der Waals surface area contributed by atoms with Crippen molar-refractivity contribution in [1.29, 1.82) is 0 Å². The Bertz CT molecular complexity index is 600. The third kappa shape index (κ3) is 2.43. The third-order valence-corrected chi connectivity index (χ3v) is 4.07. The molecule has 20 heavy (non-hydrogen) atoms. The van der Waals surface area contributed by atoms with Crippen LogP contribution in [0.15, 0.2) is 30.5 Å². The zero-order chi connectivity index (χ0) is 13.9. The van der Waals surface area contributed by atoms with Crippen LogP contribution in [0, 0.1) is 0 Å². The van der Waals surface area contributed by atoms with Crippen LogP contribution in [0.1, 0.15) is 25.7 Å². The van der Waals surface area contributed by atoms with Crippen molar-refractivity contribution in [3.8, 4) is 5.75 Å². The summed E-state index contributed by atoms with van der Waals surface area (Å²) < 4.78 is 0. The predicted molar refractivity (Wildman–Crippen MR) is 80.1 cm³/mol. The maximum atomic E-state index is 9.73. The highest BCUT2D eigenvalue weighted by molar-refractivity contribution is 5.93. The zero-order valence-electron chi connectivity index (χ0n) is 11.5. The van der Waals surface area contributed by atoms with E-state index in [0.29, 0.717) is 6.04 Å². The molecule has 1 saturated heterocycles. The first-order chi connectivity index (χ1) is 9.79. The van der Waals surface area contributed by atoms with E-state index in [1.807, 2.05) is 18.3 Å². The number of phenols is 1. The van der Waals surface area contributed by atoms with Crippen LogP contribution in [0.4, 0.5) is 5.82 Å². The predicted octanol–water partition coefficient (Wildman–Crippen LogP) is 2.68. The van der Waals surface area contributed by atoms with Crippen molar-refractivity contribution in [3.05, 3.63) is 30.5 Å². The van der Waals surface area contributed by atoms with Crippen LogP contribution in [0.2, 0.25) is 0 Å². The molecule has 2 heterocycles. The molecule has 0 radical (unpaired) electrons. The first-order valence-corrected chi connectivity index (χ1v) is 7.25. The molecule has 2 N–H and O–H groups in total. The number of aromatic nitrogens is 1. The molecule has 0 spiro atoms. The number of aliphatic hydroxyl groups is 1. The average molecular weight is 272 g/mol. The SMILES string of the molecule is OCCCC1CCCN1c1nccc2ccc(O)cc12. The molecule has 1 aliphatic rings. The van der Waals surface area contributed by atoms with E-state index < -0.39 is 0 Å². The minimum absolute atomic E-state index is 0.244. The van der Waals surface area contributed by atoms with Gasteiger partial charge in [-0.25, -0.2) is 4.98 Å². The summed E-state index contributed by atoms with van der Waals surface area (Å²) in [6.45, 7) is 1.24. The summed E-state index contributed by atoms with van der Waals surface area (Å²) in [7, 11) is 0. The Morgan fingerprint density at radius 1 is 1.30 bits per heavy atom. The lowest BCUT2D eigenvalue weighted by atomic mass is 10.1. The number of aromatic hydroxyl groups is 1. The number of anilines is 1. The topological polar surface area (TPSA) is 56.6 Å². The summed E-state index contributed by atoms with van der Waals surface area (Å²) in [6.07, 6.45) is 5.96. The first kappa shape index (κ1) is 13.2. The molecule has 1 atom stereocenters. The molecule has 2 aromatic rings. The highest BCUT2D eigenvalue weighted by Crippen LogP contribution is 2.33. The van der Waals surface area contributed by atoms with Gasteiger partial charge in [-0.1, -0.05) is 6.07 Å². The monoisotopic (exact) mass is 272 g/mol. The van der Waals surface area contributed by atoms with Crippen molar-refractivity contribution in [1.82, 2.24) is 4.98 Å². The van der Waals surface area contributed by atoms with Crippen LogP contribution in [-0.4, -0.2) is 34.4 Å². The number of pyridine rings is 1. The van der Waals surface area contributed by atoms with Gasteiger partial charge in [-0.3, -0.25) is 0 Å². The molecule has 1 aliphatic heterocycles. The molecular weight excluding hydrogens is 252 g/mol. The zero-order valence-corrected chi connectivity index (χ0v) is 11.5. The Hall–Kier alpha value is -1.81. The van der Waals surface area contributed by atoms with E-state index in [1.54, 1.807) is 12.1 Å². The highest BCUT2D eigenvalue weighted by atomic mass is 16.3. The number of hydrogen-bond acceptors (Lipinski definition) is 4. The van der Waals surface area contributed by atoms with Crippen LogP contribution < -0.4 is 4.90 Å². The molecule has 3 rings (SSSR count). The second-order valence-electron chi connectivity index (χ2n) is 5.40. The van der Waals surface area contributed by atoms with Crippen molar-refractivity contribution < 1.29 is 10.2 Å². The molecule has 106 valence electrons. The summed E-state index contributed by atoms with van der Waals surface area (Å²) in [4.78, 5) is 6.87. The van der Waals surface area contributed by atoms with Crippen molar-refractivity contribution in [2.45, 2.75) is 31.7 Å². The lowest BCUT2D eigenvalue weighted by Gasteiger charge is -2.26.